The summed E-state index contributed by atoms with van der Waals surface area (Å²) in [7, 11) is 0. The van der Waals surface area contributed by atoms with Crippen molar-refractivity contribution in [2.45, 2.75) is 43.5 Å². The van der Waals surface area contributed by atoms with Crippen molar-refractivity contribution in [3.05, 3.63) is 66.0 Å². The van der Waals surface area contributed by atoms with Crippen molar-refractivity contribution in [3.63, 3.8) is 0 Å². The van der Waals surface area contributed by atoms with Crippen LogP contribution in [0.2, 0.25) is 0 Å². The van der Waals surface area contributed by atoms with E-state index in [1.165, 1.54) is 17.8 Å². The molecular formula is C21H22F3N5OS. The van der Waals surface area contributed by atoms with Gasteiger partial charge in [0, 0.05) is 17.9 Å². The molecule has 0 spiro atoms. The number of alkyl halides is 3. The van der Waals surface area contributed by atoms with E-state index >= 15 is 0 Å². The van der Waals surface area contributed by atoms with E-state index in [1.807, 2.05) is 29.7 Å². The zero-order valence-corrected chi connectivity index (χ0v) is 17.8. The summed E-state index contributed by atoms with van der Waals surface area (Å²) in [6.07, 6.45) is -4.40. The van der Waals surface area contributed by atoms with Crippen molar-refractivity contribution in [2.75, 3.05) is 10.6 Å². The van der Waals surface area contributed by atoms with Crippen molar-refractivity contribution in [1.29, 1.82) is 0 Å². The summed E-state index contributed by atoms with van der Waals surface area (Å²) in [4.78, 5) is 12.5. The number of thioether (sulfide) groups is 1. The molecule has 0 saturated heterocycles. The van der Waals surface area contributed by atoms with Crippen molar-refractivity contribution < 1.29 is 18.0 Å². The molecule has 31 heavy (non-hydrogen) atoms. The van der Waals surface area contributed by atoms with Gasteiger partial charge in [-0.3, -0.25) is 4.79 Å². The highest BCUT2D eigenvalue weighted by molar-refractivity contribution is 8.00. The standard InChI is InChI=1S/C21H22F3N5OS/c1-3-29-18(13-25-17-11-7-8-15(12-17)21(22,23)24)27-28-20(29)31-14(2)19(30)26-16-9-5-4-6-10-16/h4-12,14,25H,3,13H2,1-2H3,(H,26,30). The predicted octanol–water partition coefficient (Wildman–Crippen LogP) is 5.05. The summed E-state index contributed by atoms with van der Waals surface area (Å²) >= 11 is 1.27. The zero-order chi connectivity index (χ0) is 22.4. The number of carbonyl (C=O) groups excluding carboxylic acids is 1. The Morgan fingerprint density at radius 1 is 1.10 bits per heavy atom. The number of rotatable bonds is 8. The van der Waals surface area contributed by atoms with Crippen LogP contribution >= 0.6 is 11.8 Å². The average Bonchev–Trinajstić information content (AvgIpc) is 3.14. The molecule has 3 rings (SSSR count). The molecule has 1 unspecified atom stereocenters. The lowest BCUT2D eigenvalue weighted by atomic mass is 10.2. The van der Waals surface area contributed by atoms with Crippen LogP contribution in [0.3, 0.4) is 0 Å². The topological polar surface area (TPSA) is 71.8 Å². The predicted molar refractivity (Wildman–Crippen MR) is 115 cm³/mol. The molecule has 1 amide bonds. The second-order valence-corrected chi connectivity index (χ2v) is 8.00. The first-order valence-corrected chi connectivity index (χ1v) is 10.5. The van der Waals surface area contributed by atoms with Gasteiger partial charge in [0.2, 0.25) is 5.91 Å². The number of amides is 1. The van der Waals surface area contributed by atoms with Crippen LogP contribution in [0.5, 0.6) is 0 Å². The molecule has 0 bridgehead atoms. The fraction of sp³-hybridized carbons (Fsp3) is 0.286. The quantitative estimate of drug-likeness (QED) is 0.471. The number of anilines is 2. The number of nitrogens with zero attached hydrogens (tertiary/aromatic N) is 3. The van der Waals surface area contributed by atoms with Crippen LogP contribution in [-0.2, 0) is 24.1 Å². The van der Waals surface area contributed by atoms with Gasteiger partial charge in [0.15, 0.2) is 11.0 Å². The van der Waals surface area contributed by atoms with Crippen LogP contribution in [-0.4, -0.2) is 25.9 Å². The van der Waals surface area contributed by atoms with Crippen LogP contribution in [0.1, 0.15) is 25.2 Å². The van der Waals surface area contributed by atoms with E-state index in [2.05, 4.69) is 20.8 Å². The summed E-state index contributed by atoms with van der Waals surface area (Å²) in [5.41, 5.74) is 0.331. The second-order valence-electron chi connectivity index (χ2n) is 6.69. The smallest absolute Gasteiger partial charge is 0.378 e. The second kappa shape index (κ2) is 9.86. The molecule has 2 N–H and O–H groups in total. The number of para-hydroxylation sites is 1. The number of benzene rings is 2. The van der Waals surface area contributed by atoms with E-state index in [0.29, 0.717) is 28.9 Å². The maximum Gasteiger partial charge on any atom is 0.416 e. The van der Waals surface area contributed by atoms with Gasteiger partial charge in [-0.1, -0.05) is 36.0 Å². The number of hydrogen-bond acceptors (Lipinski definition) is 5. The van der Waals surface area contributed by atoms with E-state index < -0.39 is 17.0 Å². The highest BCUT2D eigenvalue weighted by Gasteiger charge is 2.30. The molecule has 6 nitrogen and oxygen atoms in total. The molecular weight excluding hydrogens is 427 g/mol. The first-order chi connectivity index (χ1) is 14.8. The average molecular weight is 450 g/mol. The van der Waals surface area contributed by atoms with Crippen molar-refractivity contribution in [3.8, 4) is 0 Å². The lowest BCUT2D eigenvalue weighted by Gasteiger charge is -2.13. The lowest BCUT2D eigenvalue weighted by Crippen LogP contribution is -2.23. The van der Waals surface area contributed by atoms with Gasteiger partial charge in [-0.15, -0.1) is 10.2 Å². The molecule has 2 aromatic carbocycles. The van der Waals surface area contributed by atoms with E-state index in [0.717, 1.165) is 12.1 Å². The largest absolute Gasteiger partial charge is 0.416 e. The van der Waals surface area contributed by atoms with Crippen LogP contribution < -0.4 is 10.6 Å². The first kappa shape index (κ1) is 22.7. The molecule has 1 aromatic heterocycles. The molecule has 0 aliphatic rings. The summed E-state index contributed by atoms with van der Waals surface area (Å²) < 4.78 is 40.5. The Labute approximate surface area is 182 Å². The van der Waals surface area contributed by atoms with Gasteiger partial charge in [0.1, 0.15) is 0 Å². The molecule has 1 heterocycles. The van der Waals surface area contributed by atoms with Crippen LogP contribution in [0.15, 0.2) is 59.8 Å². The minimum Gasteiger partial charge on any atom is -0.378 e. The molecule has 0 aliphatic heterocycles. The van der Waals surface area contributed by atoms with Gasteiger partial charge in [0.25, 0.3) is 0 Å². The van der Waals surface area contributed by atoms with E-state index in [1.54, 1.807) is 25.1 Å². The van der Waals surface area contributed by atoms with E-state index in [4.69, 9.17) is 0 Å². The van der Waals surface area contributed by atoms with Crippen LogP contribution in [0.25, 0.3) is 0 Å². The van der Waals surface area contributed by atoms with Gasteiger partial charge in [-0.2, -0.15) is 13.2 Å². The van der Waals surface area contributed by atoms with Gasteiger partial charge < -0.3 is 15.2 Å². The zero-order valence-electron chi connectivity index (χ0n) is 17.0. The highest BCUT2D eigenvalue weighted by atomic mass is 32.2. The van der Waals surface area contributed by atoms with E-state index in [-0.39, 0.29) is 12.5 Å². The molecule has 0 fully saturated rings. The van der Waals surface area contributed by atoms with Gasteiger partial charge in [-0.05, 0) is 44.2 Å². The fourth-order valence-electron chi connectivity index (χ4n) is 2.82. The Bertz CT molecular complexity index is 1020. The molecule has 0 radical (unpaired) electrons. The molecule has 0 saturated carbocycles. The molecule has 1 atom stereocenters. The number of aromatic nitrogens is 3. The number of carbonyl (C=O) groups is 1. The van der Waals surface area contributed by atoms with E-state index in [9.17, 15) is 18.0 Å². The molecule has 3 aromatic rings. The van der Waals surface area contributed by atoms with Gasteiger partial charge >= 0.3 is 6.18 Å². The number of nitrogens with one attached hydrogen (secondary N) is 2. The first-order valence-electron chi connectivity index (χ1n) is 9.63. The summed E-state index contributed by atoms with van der Waals surface area (Å²) in [5, 5.41) is 14.3. The van der Waals surface area contributed by atoms with Crippen LogP contribution in [0.4, 0.5) is 24.5 Å². The molecule has 10 heteroatoms. The van der Waals surface area contributed by atoms with Crippen molar-refractivity contribution in [1.82, 2.24) is 14.8 Å². The Hall–Kier alpha value is -3.01. The Kier molecular flexibility index (Phi) is 7.21. The Morgan fingerprint density at radius 3 is 2.48 bits per heavy atom. The van der Waals surface area contributed by atoms with Crippen molar-refractivity contribution in [2.24, 2.45) is 0 Å². The Morgan fingerprint density at radius 2 is 1.81 bits per heavy atom. The summed E-state index contributed by atoms with van der Waals surface area (Å²) in [6.45, 7) is 4.45. The van der Waals surface area contributed by atoms with Gasteiger partial charge in [0.05, 0.1) is 17.4 Å². The Balaban J connectivity index is 1.64. The fourth-order valence-corrected chi connectivity index (χ4v) is 3.75. The lowest BCUT2D eigenvalue weighted by molar-refractivity contribution is -0.137. The SMILES string of the molecule is CCn1c(CNc2cccc(C(F)(F)F)c2)nnc1SC(C)C(=O)Nc1ccccc1. The van der Waals surface area contributed by atoms with Gasteiger partial charge in [-0.25, -0.2) is 0 Å². The summed E-state index contributed by atoms with van der Waals surface area (Å²) in [6, 6.07) is 14.1. The monoisotopic (exact) mass is 449 g/mol. The normalized spacial score (nSPS) is 12.4. The minimum absolute atomic E-state index is 0.162. The van der Waals surface area contributed by atoms with Crippen LogP contribution in [0, 0.1) is 0 Å². The third kappa shape index (κ3) is 6.00. The maximum absolute atomic E-state index is 12.9. The number of halogens is 3. The summed E-state index contributed by atoms with van der Waals surface area (Å²) in [5.74, 6) is 0.406. The van der Waals surface area contributed by atoms with Crippen molar-refractivity contribution >= 4 is 29.0 Å². The maximum atomic E-state index is 12.9. The number of hydrogen-bond donors (Lipinski definition) is 2. The molecule has 0 aliphatic carbocycles. The third-order valence-electron chi connectivity index (χ3n) is 4.44. The third-order valence-corrected chi connectivity index (χ3v) is 5.52. The highest BCUT2D eigenvalue weighted by Crippen LogP contribution is 2.31. The minimum atomic E-state index is -4.40. The molecule has 164 valence electrons.